The molecule has 1 aromatic heterocycles. The molecule has 0 spiro atoms. The van der Waals surface area contributed by atoms with Gasteiger partial charge in [-0.1, -0.05) is 0 Å². The lowest BCUT2D eigenvalue weighted by molar-refractivity contribution is -0.122. The molecule has 1 aliphatic heterocycles. The number of rotatable bonds is 4. The number of amides is 1. The second kappa shape index (κ2) is 5.12. The average Bonchev–Trinajstić information content (AvgIpc) is 2.89. The van der Waals surface area contributed by atoms with Crippen LogP contribution in [-0.2, 0) is 18.3 Å². The predicted molar refractivity (Wildman–Crippen MR) is 60.9 cm³/mol. The Morgan fingerprint density at radius 3 is 3.25 bits per heavy atom. The lowest BCUT2D eigenvalue weighted by Gasteiger charge is -2.10. The highest BCUT2D eigenvalue weighted by atomic mass is 16.2. The van der Waals surface area contributed by atoms with E-state index in [0.29, 0.717) is 6.54 Å². The van der Waals surface area contributed by atoms with Crippen LogP contribution in [0, 0.1) is 0 Å². The number of aromatic nitrogens is 2. The van der Waals surface area contributed by atoms with Crippen LogP contribution < -0.4 is 10.6 Å². The molecule has 0 unspecified atom stereocenters. The van der Waals surface area contributed by atoms with Crippen molar-refractivity contribution in [1.82, 2.24) is 20.4 Å². The Morgan fingerprint density at radius 2 is 2.62 bits per heavy atom. The van der Waals surface area contributed by atoms with Gasteiger partial charge in [0.25, 0.3) is 0 Å². The zero-order valence-electron chi connectivity index (χ0n) is 9.57. The van der Waals surface area contributed by atoms with Gasteiger partial charge in [-0.15, -0.1) is 0 Å². The molecule has 2 rings (SSSR count). The first-order chi connectivity index (χ1) is 7.75. The molecule has 0 saturated carbocycles. The Bertz CT molecular complexity index is 355. The lowest BCUT2D eigenvalue weighted by atomic mass is 10.2. The third kappa shape index (κ3) is 2.82. The first kappa shape index (κ1) is 11.1. The SMILES string of the molecule is Cn1ccc(CCNC(=O)[C@H]2CCCN2)n1. The van der Waals surface area contributed by atoms with Crippen LogP contribution in [0.4, 0.5) is 0 Å². The van der Waals surface area contributed by atoms with Gasteiger partial charge in [-0.05, 0) is 25.5 Å². The van der Waals surface area contributed by atoms with Gasteiger partial charge in [0.1, 0.15) is 0 Å². The van der Waals surface area contributed by atoms with Crippen LogP contribution in [-0.4, -0.2) is 34.8 Å². The van der Waals surface area contributed by atoms with Crippen molar-refractivity contribution in [2.24, 2.45) is 7.05 Å². The van der Waals surface area contributed by atoms with Crippen molar-refractivity contribution in [1.29, 1.82) is 0 Å². The second-order valence-electron chi connectivity index (χ2n) is 4.17. The van der Waals surface area contributed by atoms with Gasteiger partial charge >= 0.3 is 0 Å². The summed E-state index contributed by atoms with van der Waals surface area (Å²) in [6, 6.07) is 1.99. The molecular formula is C11H18N4O. The van der Waals surface area contributed by atoms with Gasteiger partial charge in [0, 0.05) is 26.2 Å². The normalized spacial score (nSPS) is 19.9. The molecule has 5 heteroatoms. The van der Waals surface area contributed by atoms with E-state index in [1.807, 2.05) is 19.3 Å². The highest BCUT2D eigenvalue weighted by Gasteiger charge is 2.21. The van der Waals surface area contributed by atoms with E-state index in [4.69, 9.17) is 0 Å². The fourth-order valence-electron chi connectivity index (χ4n) is 1.94. The highest BCUT2D eigenvalue weighted by molar-refractivity contribution is 5.81. The molecule has 1 aromatic rings. The van der Waals surface area contributed by atoms with Crippen LogP contribution in [0.25, 0.3) is 0 Å². The molecule has 0 radical (unpaired) electrons. The van der Waals surface area contributed by atoms with E-state index in [2.05, 4.69) is 15.7 Å². The van der Waals surface area contributed by atoms with Gasteiger partial charge in [-0.2, -0.15) is 5.10 Å². The monoisotopic (exact) mass is 222 g/mol. The van der Waals surface area contributed by atoms with Crippen LogP contribution >= 0.6 is 0 Å². The largest absolute Gasteiger partial charge is 0.354 e. The van der Waals surface area contributed by atoms with E-state index in [1.165, 1.54) is 0 Å². The maximum Gasteiger partial charge on any atom is 0.237 e. The van der Waals surface area contributed by atoms with Crippen LogP contribution in [0.15, 0.2) is 12.3 Å². The molecule has 16 heavy (non-hydrogen) atoms. The van der Waals surface area contributed by atoms with Crippen LogP contribution in [0.1, 0.15) is 18.5 Å². The smallest absolute Gasteiger partial charge is 0.237 e. The Labute approximate surface area is 95.2 Å². The van der Waals surface area contributed by atoms with Gasteiger partial charge in [0.15, 0.2) is 0 Å². The fraction of sp³-hybridized carbons (Fsp3) is 0.636. The second-order valence-corrected chi connectivity index (χ2v) is 4.17. The number of carbonyl (C=O) groups is 1. The Morgan fingerprint density at radius 1 is 1.75 bits per heavy atom. The van der Waals surface area contributed by atoms with E-state index in [9.17, 15) is 4.79 Å². The maximum atomic E-state index is 11.6. The highest BCUT2D eigenvalue weighted by Crippen LogP contribution is 2.04. The van der Waals surface area contributed by atoms with Crippen molar-refractivity contribution in [2.45, 2.75) is 25.3 Å². The zero-order chi connectivity index (χ0) is 11.4. The summed E-state index contributed by atoms with van der Waals surface area (Å²) >= 11 is 0. The van der Waals surface area contributed by atoms with E-state index < -0.39 is 0 Å². The number of hydrogen-bond acceptors (Lipinski definition) is 3. The number of hydrogen-bond donors (Lipinski definition) is 2. The predicted octanol–water partition coefficient (Wildman–Crippen LogP) is -0.169. The van der Waals surface area contributed by atoms with Gasteiger partial charge in [-0.3, -0.25) is 9.48 Å². The molecule has 88 valence electrons. The molecule has 0 aromatic carbocycles. The number of aryl methyl sites for hydroxylation is 1. The minimum absolute atomic E-state index is 0.0173. The average molecular weight is 222 g/mol. The summed E-state index contributed by atoms with van der Waals surface area (Å²) in [5, 5.41) is 10.4. The minimum Gasteiger partial charge on any atom is -0.354 e. The molecule has 1 fully saturated rings. The third-order valence-corrected chi connectivity index (χ3v) is 2.83. The van der Waals surface area contributed by atoms with Crippen molar-refractivity contribution in [3.05, 3.63) is 18.0 Å². The molecule has 1 saturated heterocycles. The topological polar surface area (TPSA) is 59.0 Å². The molecule has 1 atom stereocenters. The molecular weight excluding hydrogens is 204 g/mol. The van der Waals surface area contributed by atoms with Gasteiger partial charge < -0.3 is 10.6 Å². The maximum absolute atomic E-state index is 11.6. The van der Waals surface area contributed by atoms with Crippen molar-refractivity contribution in [3.63, 3.8) is 0 Å². The Balaban J connectivity index is 1.69. The summed E-state index contributed by atoms with van der Waals surface area (Å²) in [5.74, 6) is 0.119. The Kier molecular flexibility index (Phi) is 3.56. The van der Waals surface area contributed by atoms with Gasteiger partial charge in [0.05, 0.1) is 11.7 Å². The van der Waals surface area contributed by atoms with Crippen molar-refractivity contribution in [2.75, 3.05) is 13.1 Å². The molecule has 0 aliphatic carbocycles. The van der Waals surface area contributed by atoms with E-state index in [-0.39, 0.29) is 11.9 Å². The Hall–Kier alpha value is -1.36. The molecule has 2 N–H and O–H groups in total. The summed E-state index contributed by atoms with van der Waals surface area (Å²) < 4.78 is 1.77. The number of nitrogens with zero attached hydrogens (tertiary/aromatic N) is 2. The summed E-state index contributed by atoms with van der Waals surface area (Å²) in [6.07, 6.45) is 4.75. The zero-order valence-corrected chi connectivity index (χ0v) is 9.57. The first-order valence-corrected chi connectivity index (χ1v) is 5.75. The quantitative estimate of drug-likeness (QED) is 0.743. The summed E-state index contributed by atoms with van der Waals surface area (Å²) in [4.78, 5) is 11.6. The van der Waals surface area contributed by atoms with Crippen molar-refractivity contribution >= 4 is 5.91 Å². The van der Waals surface area contributed by atoms with Crippen LogP contribution in [0.3, 0.4) is 0 Å². The van der Waals surface area contributed by atoms with E-state index >= 15 is 0 Å². The number of nitrogens with one attached hydrogen (secondary N) is 2. The van der Waals surface area contributed by atoms with Crippen LogP contribution in [0.5, 0.6) is 0 Å². The summed E-state index contributed by atoms with van der Waals surface area (Å²) in [6.45, 7) is 1.62. The minimum atomic E-state index is 0.0173. The van der Waals surface area contributed by atoms with E-state index in [1.54, 1.807) is 4.68 Å². The van der Waals surface area contributed by atoms with Crippen molar-refractivity contribution in [3.8, 4) is 0 Å². The molecule has 5 nitrogen and oxygen atoms in total. The van der Waals surface area contributed by atoms with Gasteiger partial charge in [0.2, 0.25) is 5.91 Å². The molecule has 1 amide bonds. The van der Waals surface area contributed by atoms with Gasteiger partial charge in [-0.25, -0.2) is 0 Å². The molecule has 1 aliphatic rings. The number of carbonyl (C=O) groups excluding carboxylic acids is 1. The lowest BCUT2D eigenvalue weighted by Crippen LogP contribution is -2.41. The van der Waals surface area contributed by atoms with E-state index in [0.717, 1.165) is 31.5 Å². The third-order valence-electron chi connectivity index (χ3n) is 2.83. The molecule has 0 bridgehead atoms. The summed E-state index contributed by atoms with van der Waals surface area (Å²) in [5.41, 5.74) is 1.02. The van der Waals surface area contributed by atoms with Crippen LogP contribution in [0.2, 0.25) is 0 Å². The standard InChI is InChI=1S/C11H18N4O/c1-15-8-5-9(14-15)4-7-13-11(16)10-3-2-6-12-10/h5,8,10,12H,2-4,6-7H2,1H3,(H,13,16)/t10-/m1/s1. The molecule has 2 heterocycles. The fourth-order valence-corrected chi connectivity index (χ4v) is 1.94. The first-order valence-electron chi connectivity index (χ1n) is 5.75. The van der Waals surface area contributed by atoms with Crippen molar-refractivity contribution < 1.29 is 4.79 Å². The summed E-state index contributed by atoms with van der Waals surface area (Å²) in [7, 11) is 1.89.